The molecule has 0 fully saturated rings. The van der Waals surface area contributed by atoms with E-state index in [-0.39, 0.29) is 5.78 Å². The van der Waals surface area contributed by atoms with Crippen molar-refractivity contribution < 1.29 is 4.79 Å². The van der Waals surface area contributed by atoms with Gasteiger partial charge in [-0.3, -0.25) is 4.79 Å². The number of ketones is 1. The molecule has 0 saturated carbocycles. The van der Waals surface area contributed by atoms with Crippen LogP contribution < -0.4 is 0 Å². The summed E-state index contributed by atoms with van der Waals surface area (Å²) >= 11 is 4.42. The lowest BCUT2D eigenvalue weighted by Gasteiger charge is -1.84. The number of nitrogens with zero attached hydrogens (tertiary/aromatic N) is 1. The van der Waals surface area contributed by atoms with Crippen LogP contribution in [0.15, 0.2) is 9.98 Å². The van der Waals surface area contributed by atoms with Gasteiger partial charge in [0, 0.05) is 5.38 Å². The van der Waals surface area contributed by atoms with Gasteiger partial charge in [-0.25, -0.2) is 0 Å². The van der Waals surface area contributed by atoms with Crippen LogP contribution in [-0.4, -0.2) is 10.2 Å². The van der Waals surface area contributed by atoms with E-state index in [4.69, 9.17) is 0 Å². The van der Waals surface area contributed by atoms with Gasteiger partial charge in [0.25, 0.3) is 0 Å². The third-order valence-electron chi connectivity index (χ3n) is 0.905. The molecule has 0 amide bonds. The number of halogens is 1. The molecule has 0 atom stereocenters. The molecule has 1 aromatic heterocycles. The fourth-order valence-electron chi connectivity index (χ4n) is 0.451. The predicted octanol–water partition coefficient (Wildman–Crippen LogP) is 2.11. The maximum absolute atomic E-state index is 10.7. The number of hydrogen-bond donors (Lipinski definition) is 0. The van der Waals surface area contributed by atoms with Crippen LogP contribution in [0.1, 0.15) is 17.3 Å². The van der Waals surface area contributed by atoms with Crippen LogP contribution in [0.2, 0.25) is 0 Å². The molecule has 4 heteroatoms. The molecule has 0 bridgehead atoms. The lowest BCUT2D eigenvalue weighted by atomic mass is 10.3. The van der Waals surface area contributed by atoms with Crippen LogP contribution in [-0.2, 0) is 0 Å². The highest BCUT2D eigenvalue weighted by molar-refractivity contribution is 9.10. The Labute approximate surface area is 65.2 Å². The molecule has 0 unspecified atom stereocenters. The molecule has 9 heavy (non-hydrogen) atoms. The molecular formula is C5H4BrNOS. The third kappa shape index (κ3) is 1.37. The summed E-state index contributed by atoms with van der Waals surface area (Å²) in [6, 6.07) is 0. The Morgan fingerprint density at radius 1 is 1.89 bits per heavy atom. The first kappa shape index (κ1) is 6.89. The second-order valence-electron chi connectivity index (χ2n) is 1.58. The van der Waals surface area contributed by atoms with Crippen LogP contribution in [0.5, 0.6) is 0 Å². The normalized spacial score (nSPS) is 9.56. The highest BCUT2D eigenvalue weighted by Crippen LogP contribution is 2.16. The van der Waals surface area contributed by atoms with Gasteiger partial charge in [-0.2, -0.15) is 4.37 Å². The van der Waals surface area contributed by atoms with Crippen LogP contribution in [0, 0.1) is 0 Å². The Balaban J connectivity index is 3.08. The van der Waals surface area contributed by atoms with Crippen LogP contribution in [0.25, 0.3) is 0 Å². The Morgan fingerprint density at radius 3 is 2.78 bits per heavy atom. The molecule has 1 rings (SSSR count). The standard InChI is InChI=1S/C5H4BrNOS/c1-3(8)4-2-9-7-5(4)6/h2H,1H3. The second-order valence-corrected chi connectivity index (χ2v) is 2.96. The first-order valence-electron chi connectivity index (χ1n) is 2.32. The van der Waals surface area contributed by atoms with E-state index in [1.54, 1.807) is 5.38 Å². The van der Waals surface area contributed by atoms with Crippen molar-refractivity contribution in [3.05, 3.63) is 15.5 Å². The zero-order valence-electron chi connectivity index (χ0n) is 4.72. The second kappa shape index (κ2) is 2.58. The minimum absolute atomic E-state index is 0.0515. The number of aromatic nitrogens is 1. The van der Waals surface area contributed by atoms with E-state index in [2.05, 4.69) is 20.3 Å². The van der Waals surface area contributed by atoms with Gasteiger partial charge in [-0.05, 0) is 34.4 Å². The highest BCUT2D eigenvalue weighted by Gasteiger charge is 2.05. The van der Waals surface area contributed by atoms with Gasteiger partial charge in [-0.15, -0.1) is 0 Å². The van der Waals surface area contributed by atoms with Gasteiger partial charge in [0.05, 0.1) is 5.56 Å². The van der Waals surface area contributed by atoms with Gasteiger partial charge < -0.3 is 0 Å². The first-order chi connectivity index (χ1) is 4.22. The average molecular weight is 206 g/mol. The minimum atomic E-state index is 0.0515. The smallest absolute Gasteiger partial charge is 0.163 e. The lowest BCUT2D eigenvalue weighted by molar-refractivity contribution is 0.101. The van der Waals surface area contributed by atoms with Crippen molar-refractivity contribution in [3.8, 4) is 0 Å². The summed E-state index contributed by atoms with van der Waals surface area (Å²) in [6.45, 7) is 1.52. The van der Waals surface area contributed by atoms with Crippen molar-refractivity contribution in [2.75, 3.05) is 0 Å². The maximum Gasteiger partial charge on any atom is 0.163 e. The highest BCUT2D eigenvalue weighted by atomic mass is 79.9. The maximum atomic E-state index is 10.7. The largest absolute Gasteiger partial charge is 0.294 e. The van der Waals surface area contributed by atoms with E-state index in [9.17, 15) is 4.79 Å². The van der Waals surface area contributed by atoms with Gasteiger partial charge in [0.2, 0.25) is 0 Å². The van der Waals surface area contributed by atoms with Crippen molar-refractivity contribution in [2.45, 2.75) is 6.92 Å². The monoisotopic (exact) mass is 205 g/mol. The fourth-order valence-corrected chi connectivity index (χ4v) is 1.87. The SMILES string of the molecule is CC(=O)c1csnc1Br. The van der Waals surface area contributed by atoms with E-state index in [0.717, 1.165) is 0 Å². The predicted molar refractivity (Wildman–Crippen MR) is 39.8 cm³/mol. The molecule has 0 aromatic carbocycles. The molecule has 0 aliphatic rings. The van der Waals surface area contributed by atoms with E-state index in [1.165, 1.54) is 18.5 Å². The number of carbonyl (C=O) groups is 1. The Bertz CT molecular complexity index is 233. The van der Waals surface area contributed by atoms with E-state index in [1.807, 2.05) is 0 Å². The summed E-state index contributed by atoms with van der Waals surface area (Å²) in [5.41, 5.74) is 0.667. The molecule has 0 N–H and O–H groups in total. The van der Waals surface area contributed by atoms with Crippen molar-refractivity contribution >= 4 is 33.2 Å². The zero-order chi connectivity index (χ0) is 6.85. The fraction of sp³-hybridized carbons (Fsp3) is 0.200. The lowest BCUT2D eigenvalue weighted by Crippen LogP contribution is -1.88. The molecule has 0 aliphatic carbocycles. The Morgan fingerprint density at radius 2 is 2.56 bits per heavy atom. The molecule has 0 aliphatic heterocycles. The minimum Gasteiger partial charge on any atom is -0.294 e. The summed E-state index contributed by atoms with van der Waals surface area (Å²) in [5.74, 6) is 0.0515. The molecule has 0 radical (unpaired) electrons. The molecule has 0 saturated heterocycles. The number of hydrogen-bond acceptors (Lipinski definition) is 3. The average Bonchev–Trinajstić information content (AvgIpc) is 2.13. The van der Waals surface area contributed by atoms with E-state index < -0.39 is 0 Å². The summed E-state index contributed by atoms with van der Waals surface area (Å²) in [4.78, 5) is 10.7. The van der Waals surface area contributed by atoms with Crippen molar-refractivity contribution in [1.82, 2.24) is 4.37 Å². The van der Waals surface area contributed by atoms with Crippen molar-refractivity contribution in [1.29, 1.82) is 0 Å². The molecule has 1 heterocycles. The topological polar surface area (TPSA) is 30.0 Å². The summed E-state index contributed by atoms with van der Waals surface area (Å²) in [7, 11) is 0. The quantitative estimate of drug-likeness (QED) is 0.658. The summed E-state index contributed by atoms with van der Waals surface area (Å²) < 4.78 is 4.53. The third-order valence-corrected chi connectivity index (χ3v) is 2.37. The van der Waals surface area contributed by atoms with Crippen LogP contribution in [0.3, 0.4) is 0 Å². The molecular weight excluding hydrogens is 202 g/mol. The van der Waals surface area contributed by atoms with Crippen LogP contribution >= 0.6 is 27.5 Å². The Kier molecular flexibility index (Phi) is 1.97. The van der Waals surface area contributed by atoms with Crippen molar-refractivity contribution in [2.24, 2.45) is 0 Å². The zero-order valence-corrected chi connectivity index (χ0v) is 7.12. The Hall–Kier alpha value is -0.220. The molecule has 0 spiro atoms. The van der Waals surface area contributed by atoms with E-state index >= 15 is 0 Å². The van der Waals surface area contributed by atoms with Gasteiger partial charge >= 0.3 is 0 Å². The number of rotatable bonds is 1. The summed E-state index contributed by atoms with van der Waals surface area (Å²) in [6.07, 6.45) is 0. The van der Waals surface area contributed by atoms with Gasteiger partial charge in [0.15, 0.2) is 5.78 Å². The summed E-state index contributed by atoms with van der Waals surface area (Å²) in [5, 5.41) is 1.73. The molecule has 48 valence electrons. The molecule has 2 nitrogen and oxygen atoms in total. The van der Waals surface area contributed by atoms with Crippen molar-refractivity contribution in [3.63, 3.8) is 0 Å². The van der Waals surface area contributed by atoms with E-state index in [0.29, 0.717) is 10.2 Å². The first-order valence-corrected chi connectivity index (χ1v) is 3.95. The van der Waals surface area contributed by atoms with Gasteiger partial charge in [0.1, 0.15) is 4.60 Å². The number of Topliss-reactive ketones (excluding diaryl/α,β-unsaturated/α-hetero) is 1. The molecule has 1 aromatic rings. The number of carbonyl (C=O) groups excluding carboxylic acids is 1. The van der Waals surface area contributed by atoms with Crippen LogP contribution in [0.4, 0.5) is 0 Å². The van der Waals surface area contributed by atoms with Gasteiger partial charge in [-0.1, -0.05) is 0 Å².